The number of hydrogen-bond acceptors (Lipinski definition) is 4. The van der Waals surface area contributed by atoms with Gasteiger partial charge in [0.25, 0.3) is 0 Å². The highest BCUT2D eigenvalue weighted by atomic mass is 15.3. The SMILES string of the molecule is Cc1nc(N2CCCCC2)c2c(n1)c(C)nn2C. The fourth-order valence-corrected chi connectivity index (χ4v) is 2.75. The van der Waals surface area contributed by atoms with Crippen molar-refractivity contribution < 1.29 is 0 Å². The highest BCUT2D eigenvalue weighted by molar-refractivity contribution is 5.88. The van der Waals surface area contributed by atoms with Gasteiger partial charge >= 0.3 is 0 Å². The molecule has 0 N–H and O–H groups in total. The zero-order chi connectivity index (χ0) is 12.7. The van der Waals surface area contributed by atoms with E-state index in [0.717, 1.165) is 41.5 Å². The van der Waals surface area contributed by atoms with Crippen LogP contribution in [-0.4, -0.2) is 32.8 Å². The summed E-state index contributed by atoms with van der Waals surface area (Å²) in [4.78, 5) is 11.6. The second-order valence-corrected chi connectivity index (χ2v) is 5.05. The van der Waals surface area contributed by atoms with Gasteiger partial charge < -0.3 is 4.90 Å². The van der Waals surface area contributed by atoms with Gasteiger partial charge in [-0.15, -0.1) is 0 Å². The van der Waals surface area contributed by atoms with Crippen molar-refractivity contribution in [2.45, 2.75) is 33.1 Å². The van der Waals surface area contributed by atoms with Crippen LogP contribution in [0.25, 0.3) is 11.0 Å². The van der Waals surface area contributed by atoms with Gasteiger partial charge in [-0.1, -0.05) is 0 Å². The molecule has 1 fully saturated rings. The fourth-order valence-electron chi connectivity index (χ4n) is 2.75. The highest BCUT2D eigenvalue weighted by Crippen LogP contribution is 2.27. The van der Waals surface area contributed by atoms with Gasteiger partial charge in [-0.05, 0) is 33.1 Å². The van der Waals surface area contributed by atoms with Gasteiger partial charge in [0.2, 0.25) is 0 Å². The fraction of sp³-hybridized carbons (Fsp3) is 0.615. The Morgan fingerprint density at radius 1 is 1.00 bits per heavy atom. The third kappa shape index (κ3) is 1.74. The molecule has 2 aromatic heterocycles. The van der Waals surface area contributed by atoms with Gasteiger partial charge in [0, 0.05) is 20.1 Å². The van der Waals surface area contributed by atoms with Crippen molar-refractivity contribution in [1.29, 1.82) is 0 Å². The third-order valence-electron chi connectivity index (χ3n) is 3.60. The van der Waals surface area contributed by atoms with Crippen molar-refractivity contribution in [3.63, 3.8) is 0 Å². The topological polar surface area (TPSA) is 46.8 Å². The smallest absolute Gasteiger partial charge is 0.158 e. The monoisotopic (exact) mass is 245 g/mol. The first-order valence-corrected chi connectivity index (χ1v) is 6.59. The molecule has 0 bridgehead atoms. The van der Waals surface area contributed by atoms with Gasteiger partial charge in [0.05, 0.1) is 5.69 Å². The Morgan fingerprint density at radius 2 is 1.72 bits per heavy atom. The molecular weight excluding hydrogens is 226 g/mol. The minimum Gasteiger partial charge on any atom is -0.355 e. The van der Waals surface area contributed by atoms with Crippen LogP contribution in [0.15, 0.2) is 0 Å². The Kier molecular flexibility index (Phi) is 2.69. The average Bonchev–Trinajstić information content (AvgIpc) is 2.65. The summed E-state index contributed by atoms with van der Waals surface area (Å²) < 4.78 is 1.91. The standard InChI is InChI=1S/C13H19N5/c1-9-11-12(17(3)16-9)13(15-10(2)14-11)18-7-5-4-6-8-18/h4-8H2,1-3H3. The predicted octanol–water partition coefficient (Wildman–Crippen LogP) is 1.97. The number of nitrogens with zero attached hydrogens (tertiary/aromatic N) is 5. The van der Waals surface area contributed by atoms with Crippen LogP contribution < -0.4 is 4.90 Å². The summed E-state index contributed by atoms with van der Waals surface area (Å²) in [6.45, 7) is 6.15. The molecule has 5 heteroatoms. The lowest BCUT2D eigenvalue weighted by molar-refractivity contribution is 0.573. The number of aryl methyl sites for hydroxylation is 3. The van der Waals surface area contributed by atoms with E-state index >= 15 is 0 Å². The Hall–Kier alpha value is -1.65. The number of aromatic nitrogens is 4. The number of hydrogen-bond donors (Lipinski definition) is 0. The van der Waals surface area contributed by atoms with E-state index in [0.29, 0.717) is 0 Å². The van der Waals surface area contributed by atoms with Crippen molar-refractivity contribution in [1.82, 2.24) is 19.7 Å². The molecule has 3 rings (SSSR count). The second-order valence-electron chi connectivity index (χ2n) is 5.05. The lowest BCUT2D eigenvalue weighted by Crippen LogP contribution is -2.31. The molecule has 5 nitrogen and oxygen atoms in total. The highest BCUT2D eigenvalue weighted by Gasteiger charge is 2.20. The molecule has 3 heterocycles. The Labute approximate surface area is 107 Å². The van der Waals surface area contributed by atoms with Gasteiger partial charge in [0.15, 0.2) is 5.82 Å². The van der Waals surface area contributed by atoms with Crippen LogP contribution >= 0.6 is 0 Å². The predicted molar refractivity (Wildman–Crippen MR) is 71.8 cm³/mol. The lowest BCUT2D eigenvalue weighted by Gasteiger charge is -2.28. The maximum Gasteiger partial charge on any atom is 0.158 e. The summed E-state index contributed by atoms with van der Waals surface area (Å²) in [5, 5.41) is 4.47. The molecule has 2 aromatic rings. The minimum atomic E-state index is 0.833. The summed E-state index contributed by atoms with van der Waals surface area (Å²) in [5.41, 5.74) is 3.04. The van der Waals surface area contributed by atoms with Gasteiger partial charge in [-0.2, -0.15) is 5.10 Å². The Balaban J connectivity index is 2.20. The normalized spacial score (nSPS) is 16.5. The van der Waals surface area contributed by atoms with E-state index in [1.54, 1.807) is 0 Å². The number of anilines is 1. The zero-order valence-electron chi connectivity index (χ0n) is 11.3. The van der Waals surface area contributed by atoms with E-state index in [9.17, 15) is 0 Å². The van der Waals surface area contributed by atoms with Crippen LogP contribution in [-0.2, 0) is 7.05 Å². The van der Waals surface area contributed by atoms with Crippen molar-refractivity contribution in [3.05, 3.63) is 11.5 Å². The van der Waals surface area contributed by atoms with Crippen LogP contribution in [0.1, 0.15) is 30.8 Å². The number of piperidine rings is 1. The number of fused-ring (bicyclic) bond motifs is 1. The molecule has 0 spiro atoms. The third-order valence-corrected chi connectivity index (χ3v) is 3.60. The Morgan fingerprint density at radius 3 is 2.44 bits per heavy atom. The van der Waals surface area contributed by atoms with Crippen molar-refractivity contribution >= 4 is 16.9 Å². The minimum absolute atomic E-state index is 0.833. The molecule has 1 aliphatic rings. The molecule has 0 unspecified atom stereocenters. The van der Waals surface area contributed by atoms with Crippen LogP contribution in [0.2, 0.25) is 0 Å². The first-order valence-electron chi connectivity index (χ1n) is 6.59. The molecular formula is C13H19N5. The maximum atomic E-state index is 4.65. The van der Waals surface area contributed by atoms with E-state index in [1.165, 1.54) is 19.3 Å². The van der Waals surface area contributed by atoms with E-state index in [-0.39, 0.29) is 0 Å². The van der Waals surface area contributed by atoms with Gasteiger partial charge in [-0.3, -0.25) is 4.68 Å². The maximum absolute atomic E-state index is 4.65. The largest absolute Gasteiger partial charge is 0.355 e. The summed E-state index contributed by atoms with van der Waals surface area (Å²) in [5.74, 6) is 1.89. The molecule has 18 heavy (non-hydrogen) atoms. The molecule has 0 amide bonds. The molecule has 0 radical (unpaired) electrons. The molecule has 0 aromatic carbocycles. The molecule has 0 aliphatic carbocycles. The quantitative estimate of drug-likeness (QED) is 0.770. The molecule has 0 saturated carbocycles. The Bertz CT molecular complexity index is 581. The van der Waals surface area contributed by atoms with Gasteiger partial charge in [-0.25, -0.2) is 9.97 Å². The van der Waals surface area contributed by atoms with Crippen molar-refractivity contribution in [2.75, 3.05) is 18.0 Å². The summed E-state index contributed by atoms with van der Waals surface area (Å²) in [6, 6.07) is 0. The van der Waals surface area contributed by atoms with E-state index in [4.69, 9.17) is 0 Å². The van der Waals surface area contributed by atoms with E-state index in [1.807, 2.05) is 25.6 Å². The van der Waals surface area contributed by atoms with E-state index < -0.39 is 0 Å². The van der Waals surface area contributed by atoms with Gasteiger partial charge in [0.1, 0.15) is 16.9 Å². The number of rotatable bonds is 1. The summed E-state index contributed by atoms with van der Waals surface area (Å²) >= 11 is 0. The molecule has 0 atom stereocenters. The van der Waals surface area contributed by atoms with Crippen LogP contribution in [0.3, 0.4) is 0 Å². The summed E-state index contributed by atoms with van der Waals surface area (Å²) in [7, 11) is 1.97. The molecule has 1 aliphatic heterocycles. The first-order chi connectivity index (χ1) is 8.66. The summed E-state index contributed by atoms with van der Waals surface area (Å²) in [6.07, 6.45) is 3.83. The lowest BCUT2D eigenvalue weighted by atomic mass is 10.1. The van der Waals surface area contributed by atoms with Crippen LogP contribution in [0.4, 0.5) is 5.82 Å². The average molecular weight is 245 g/mol. The van der Waals surface area contributed by atoms with Crippen molar-refractivity contribution in [2.24, 2.45) is 7.05 Å². The zero-order valence-corrected chi connectivity index (χ0v) is 11.3. The van der Waals surface area contributed by atoms with Crippen LogP contribution in [0.5, 0.6) is 0 Å². The van der Waals surface area contributed by atoms with E-state index in [2.05, 4.69) is 20.0 Å². The van der Waals surface area contributed by atoms with Crippen LogP contribution in [0, 0.1) is 13.8 Å². The molecule has 96 valence electrons. The first kappa shape index (κ1) is 11.4. The molecule has 1 saturated heterocycles. The van der Waals surface area contributed by atoms with Crippen molar-refractivity contribution in [3.8, 4) is 0 Å². The second kappa shape index (κ2) is 4.23.